The molecule has 1 N–H and O–H groups in total. The summed E-state index contributed by atoms with van der Waals surface area (Å²) in [5, 5.41) is 10.0. The molecule has 120 valence electrons. The van der Waals surface area contributed by atoms with Gasteiger partial charge >= 0.3 is 0 Å². The summed E-state index contributed by atoms with van der Waals surface area (Å²) in [6.45, 7) is 8.97. The molecule has 3 saturated carbocycles. The van der Waals surface area contributed by atoms with E-state index in [1.54, 1.807) is 5.57 Å². The molecule has 1 heteroatoms. The molecule has 0 amide bonds. The number of aliphatic hydroxyl groups excluding tert-OH is 1. The van der Waals surface area contributed by atoms with E-state index in [1.165, 1.54) is 50.5 Å². The highest BCUT2D eigenvalue weighted by Crippen LogP contribution is 2.66. The lowest BCUT2D eigenvalue weighted by Crippen LogP contribution is -2.49. The monoisotopic (exact) mass is 298 g/mol. The highest BCUT2D eigenvalue weighted by Gasteiger charge is 2.57. The van der Waals surface area contributed by atoms with Gasteiger partial charge in [-0.25, -0.2) is 0 Å². The zero-order valence-corrected chi connectivity index (χ0v) is 14.2. The predicted octanol–water partition coefficient (Wildman–Crippen LogP) is 5.02. The third-order valence-corrected chi connectivity index (χ3v) is 8.09. The third kappa shape index (κ3) is 1.82. The minimum absolute atomic E-state index is 0.185. The van der Waals surface area contributed by atoms with Crippen molar-refractivity contribution >= 4 is 0 Å². The zero-order chi connectivity index (χ0) is 15.5. The maximum atomic E-state index is 10.0. The highest BCUT2D eigenvalue weighted by molar-refractivity contribution is 5.28. The van der Waals surface area contributed by atoms with Crippen LogP contribution in [0.4, 0.5) is 0 Å². The molecule has 0 bridgehead atoms. The second kappa shape index (κ2) is 4.86. The zero-order valence-electron chi connectivity index (χ0n) is 14.2. The molecule has 4 aliphatic rings. The Morgan fingerprint density at radius 1 is 1.05 bits per heavy atom. The first-order valence-corrected chi connectivity index (χ1v) is 9.27. The Hall–Kier alpha value is -0.780. The number of aliphatic hydroxyl groups is 1. The van der Waals surface area contributed by atoms with Crippen molar-refractivity contribution in [1.29, 1.82) is 0 Å². The smallest absolute Gasteiger partial charge is 0.0724 e. The van der Waals surface area contributed by atoms with E-state index in [0.717, 1.165) is 24.2 Å². The van der Waals surface area contributed by atoms with Gasteiger partial charge in [-0.2, -0.15) is 0 Å². The molecular formula is C21H30O. The van der Waals surface area contributed by atoms with Gasteiger partial charge in [-0.3, -0.25) is 0 Å². The Labute approximate surface area is 135 Å². The van der Waals surface area contributed by atoms with Gasteiger partial charge in [0.15, 0.2) is 0 Å². The van der Waals surface area contributed by atoms with Crippen LogP contribution in [0.5, 0.6) is 0 Å². The van der Waals surface area contributed by atoms with Crippen LogP contribution in [0.2, 0.25) is 0 Å². The average Bonchev–Trinajstić information content (AvgIpc) is 2.84. The molecule has 22 heavy (non-hydrogen) atoms. The second-order valence-corrected chi connectivity index (χ2v) is 8.78. The van der Waals surface area contributed by atoms with E-state index in [9.17, 15) is 5.11 Å². The lowest BCUT2D eigenvalue weighted by molar-refractivity contribution is -0.0313. The minimum Gasteiger partial charge on any atom is -0.389 e. The molecule has 4 rings (SSSR count). The fourth-order valence-electron chi connectivity index (χ4n) is 6.81. The van der Waals surface area contributed by atoms with Crippen LogP contribution >= 0.6 is 0 Å². The van der Waals surface area contributed by atoms with Crippen molar-refractivity contribution in [1.82, 2.24) is 0 Å². The Bertz CT molecular complexity index is 566. The Kier molecular flexibility index (Phi) is 3.26. The van der Waals surface area contributed by atoms with Gasteiger partial charge in [0.25, 0.3) is 0 Å². The molecular weight excluding hydrogens is 268 g/mol. The Morgan fingerprint density at radius 2 is 1.77 bits per heavy atom. The number of hydrogen-bond acceptors (Lipinski definition) is 1. The fourth-order valence-corrected chi connectivity index (χ4v) is 6.81. The largest absolute Gasteiger partial charge is 0.389 e. The van der Waals surface area contributed by atoms with E-state index in [4.69, 9.17) is 0 Å². The quantitative estimate of drug-likeness (QED) is 0.491. The summed E-state index contributed by atoms with van der Waals surface area (Å²) in [4.78, 5) is 0. The van der Waals surface area contributed by atoms with Crippen LogP contribution in [0.25, 0.3) is 0 Å². The van der Waals surface area contributed by atoms with E-state index >= 15 is 0 Å². The molecule has 0 saturated heterocycles. The topological polar surface area (TPSA) is 20.2 Å². The SMILES string of the molecule is C=C=C1CCC2C3CCC4=CC(O)CC[C@]4(C)C3CC[C@]12C. The highest BCUT2D eigenvalue weighted by atomic mass is 16.3. The average molecular weight is 298 g/mol. The maximum Gasteiger partial charge on any atom is 0.0724 e. The van der Waals surface area contributed by atoms with Gasteiger partial charge in [-0.05, 0) is 85.5 Å². The van der Waals surface area contributed by atoms with Crippen LogP contribution in [0.1, 0.15) is 65.2 Å². The first kappa shape index (κ1) is 14.8. The van der Waals surface area contributed by atoms with Gasteiger partial charge in [-0.15, -0.1) is 5.73 Å². The van der Waals surface area contributed by atoms with Gasteiger partial charge in [-0.1, -0.05) is 32.1 Å². The first-order chi connectivity index (χ1) is 10.5. The van der Waals surface area contributed by atoms with Gasteiger partial charge in [0.05, 0.1) is 6.10 Å². The summed E-state index contributed by atoms with van der Waals surface area (Å²) >= 11 is 0. The molecule has 0 aliphatic heterocycles. The minimum atomic E-state index is -0.185. The lowest BCUT2D eigenvalue weighted by atomic mass is 9.47. The van der Waals surface area contributed by atoms with Crippen molar-refractivity contribution in [3.05, 3.63) is 29.5 Å². The Balaban J connectivity index is 1.70. The third-order valence-electron chi connectivity index (χ3n) is 8.09. The normalized spacial score (nSPS) is 50.5. The summed E-state index contributed by atoms with van der Waals surface area (Å²) in [5.74, 6) is 2.56. The second-order valence-electron chi connectivity index (χ2n) is 8.78. The van der Waals surface area contributed by atoms with E-state index < -0.39 is 0 Å². The van der Waals surface area contributed by atoms with E-state index in [2.05, 4.69) is 32.2 Å². The first-order valence-electron chi connectivity index (χ1n) is 9.27. The van der Waals surface area contributed by atoms with Crippen LogP contribution in [-0.2, 0) is 0 Å². The van der Waals surface area contributed by atoms with Crippen molar-refractivity contribution in [3.8, 4) is 0 Å². The Morgan fingerprint density at radius 3 is 2.55 bits per heavy atom. The molecule has 0 heterocycles. The van der Waals surface area contributed by atoms with Crippen molar-refractivity contribution in [2.45, 2.75) is 71.3 Å². The maximum absolute atomic E-state index is 10.0. The van der Waals surface area contributed by atoms with E-state index in [1.807, 2.05) is 0 Å². The van der Waals surface area contributed by atoms with Gasteiger partial charge < -0.3 is 5.11 Å². The summed E-state index contributed by atoms with van der Waals surface area (Å²) in [7, 11) is 0. The standard InChI is InChI=1S/C21H30O/c1-4-14-6-8-18-17-7-5-15-13-16(22)9-11-21(15,3)19(17)10-12-20(14,18)2/h13,16-19,22H,1,5-12H2,2-3H3/t16?,17?,18?,19?,20-,21+/m1/s1. The molecule has 3 fully saturated rings. The van der Waals surface area contributed by atoms with Gasteiger partial charge in [0, 0.05) is 0 Å². The van der Waals surface area contributed by atoms with Gasteiger partial charge in [0.1, 0.15) is 0 Å². The van der Waals surface area contributed by atoms with Crippen molar-refractivity contribution in [2.24, 2.45) is 28.6 Å². The molecule has 0 aromatic carbocycles. The number of fused-ring (bicyclic) bond motifs is 5. The predicted molar refractivity (Wildman–Crippen MR) is 90.4 cm³/mol. The molecule has 0 aromatic rings. The van der Waals surface area contributed by atoms with Crippen molar-refractivity contribution < 1.29 is 5.11 Å². The van der Waals surface area contributed by atoms with Crippen LogP contribution in [0.3, 0.4) is 0 Å². The van der Waals surface area contributed by atoms with Crippen LogP contribution in [-0.4, -0.2) is 11.2 Å². The summed E-state index contributed by atoms with van der Waals surface area (Å²) < 4.78 is 0. The van der Waals surface area contributed by atoms with E-state index in [0.29, 0.717) is 10.8 Å². The number of allylic oxidation sites excluding steroid dienone is 2. The van der Waals surface area contributed by atoms with E-state index in [-0.39, 0.29) is 6.10 Å². The van der Waals surface area contributed by atoms with Crippen LogP contribution < -0.4 is 0 Å². The molecule has 4 unspecified atom stereocenters. The molecule has 6 atom stereocenters. The number of hydrogen-bond donors (Lipinski definition) is 1. The summed E-state index contributed by atoms with van der Waals surface area (Å²) in [6.07, 6.45) is 12.0. The molecule has 4 aliphatic carbocycles. The molecule has 0 radical (unpaired) electrons. The summed E-state index contributed by atoms with van der Waals surface area (Å²) in [5.41, 5.74) is 7.13. The van der Waals surface area contributed by atoms with Crippen LogP contribution in [0.15, 0.2) is 29.5 Å². The van der Waals surface area contributed by atoms with Gasteiger partial charge in [0.2, 0.25) is 0 Å². The number of rotatable bonds is 0. The van der Waals surface area contributed by atoms with Crippen molar-refractivity contribution in [2.75, 3.05) is 0 Å². The lowest BCUT2D eigenvalue weighted by Gasteiger charge is -2.57. The molecule has 0 spiro atoms. The molecule has 0 aromatic heterocycles. The van der Waals surface area contributed by atoms with Crippen molar-refractivity contribution in [3.63, 3.8) is 0 Å². The summed E-state index contributed by atoms with van der Waals surface area (Å²) in [6, 6.07) is 0. The fraction of sp³-hybridized carbons (Fsp3) is 0.762. The van der Waals surface area contributed by atoms with Crippen LogP contribution in [0, 0.1) is 28.6 Å². The molecule has 1 nitrogen and oxygen atoms in total.